The number of carbonyl (C=O) groups excluding carboxylic acids is 1. The molecule has 0 spiro atoms. The fraction of sp³-hybridized carbons (Fsp3) is 0.692. The van der Waals surface area contributed by atoms with E-state index in [0.29, 0.717) is 25.7 Å². The lowest BCUT2D eigenvalue weighted by atomic mass is 9.79. The molecule has 0 bridgehead atoms. The van der Waals surface area contributed by atoms with Crippen LogP contribution in [0.4, 0.5) is 0 Å². The minimum Gasteiger partial charge on any atom is -0.481 e. The fourth-order valence-corrected chi connectivity index (χ4v) is 2.52. The second-order valence-corrected chi connectivity index (χ2v) is 5.29. The number of nitrogens with one attached hydrogen (secondary N) is 1. The third kappa shape index (κ3) is 2.72. The van der Waals surface area contributed by atoms with E-state index in [0.717, 1.165) is 6.42 Å². The van der Waals surface area contributed by atoms with Gasteiger partial charge in [0.05, 0.1) is 17.4 Å². The van der Waals surface area contributed by atoms with Crippen molar-refractivity contribution in [2.45, 2.75) is 37.7 Å². The van der Waals surface area contributed by atoms with E-state index in [1.807, 2.05) is 12.2 Å². The van der Waals surface area contributed by atoms with Crippen LogP contribution in [-0.2, 0) is 9.59 Å². The van der Waals surface area contributed by atoms with Crippen LogP contribution in [0.5, 0.6) is 0 Å². The van der Waals surface area contributed by atoms with Crippen molar-refractivity contribution < 1.29 is 19.8 Å². The number of aliphatic carboxylic acids is 1. The third-order valence-electron chi connectivity index (χ3n) is 3.96. The minimum atomic E-state index is -0.929. The number of hydrogen-bond acceptors (Lipinski definition) is 3. The van der Waals surface area contributed by atoms with Gasteiger partial charge in [-0.25, -0.2) is 0 Å². The van der Waals surface area contributed by atoms with Crippen LogP contribution in [0.3, 0.4) is 0 Å². The van der Waals surface area contributed by atoms with E-state index < -0.39 is 23.4 Å². The summed E-state index contributed by atoms with van der Waals surface area (Å²) in [5.41, 5.74) is -0.765. The summed E-state index contributed by atoms with van der Waals surface area (Å²) in [6, 6.07) is 0. The zero-order valence-corrected chi connectivity index (χ0v) is 10.3. The van der Waals surface area contributed by atoms with Gasteiger partial charge in [-0.3, -0.25) is 9.59 Å². The van der Waals surface area contributed by atoms with E-state index in [9.17, 15) is 14.7 Å². The lowest BCUT2D eigenvalue weighted by Gasteiger charge is -2.37. The lowest BCUT2D eigenvalue weighted by molar-refractivity contribution is -0.147. The highest BCUT2D eigenvalue weighted by atomic mass is 16.4. The van der Waals surface area contributed by atoms with Crippen molar-refractivity contribution in [1.82, 2.24) is 5.32 Å². The monoisotopic (exact) mass is 253 g/mol. The van der Waals surface area contributed by atoms with E-state index >= 15 is 0 Å². The average Bonchev–Trinajstić information content (AvgIpc) is 2.33. The molecule has 1 saturated carbocycles. The van der Waals surface area contributed by atoms with Crippen LogP contribution in [0.1, 0.15) is 32.1 Å². The number of carboxylic acids is 1. The van der Waals surface area contributed by atoms with Gasteiger partial charge in [0.1, 0.15) is 0 Å². The van der Waals surface area contributed by atoms with Crippen molar-refractivity contribution in [3.05, 3.63) is 12.2 Å². The predicted molar refractivity (Wildman–Crippen MR) is 64.8 cm³/mol. The molecule has 1 fully saturated rings. The Morgan fingerprint density at radius 1 is 1.22 bits per heavy atom. The Balaban J connectivity index is 1.90. The Hall–Kier alpha value is -1.36. The zero-order valence-electron chi connectivity index (χ0n) is 10.3. The molecule has 0 heterocycles. The molecule has 0 unspecified atom stereocenters. The lowest BCUT2D eigenvalue weighted by Crippen LogP contribution is -2.50. The van der Waals surface area contributed by atoms with E-state index in [1.165, 1.54) is 0 Å². The third-order valence-corrected chi connectivity index (χ3v) is 3.96. The number of hydrogen-bond donors (Lipinski definition) is 3. The number of carbonyl (C=O) groups is 2. The van der Waals surface area contributed by atoms with Crippen molar-refractivity contribution in [1.29, 1.82) is 0 Å². The number of amides is 1. The van der Waals surface area contributed by atoms with Crippen LogP contribution in [0.25, 0.3) is 0 Å². The van der Waals surface area contributed by atoms with Gasteiger partial charge in [-0.05, 0) is 32.1 Å². The molecule has 0 aliphatic heterocycles. The number of aliphatic hydroxyl groups is 1. The van der Waals surface area contributed by atoms with Gasteiger partial charge in [0.15, 0.2) is 0 Å². The largest absolute Gasteiger partial charge is 0.481 e. The molecule has 1 amide bonds. The van der Waals surface area contributed by atoms with Crippen molar-refractivity contribution >= 4 is 11.9 Å². The quantitative estimate of drug-likeness (QED) is 0.643. The molecule has 3 N–H and O–H groups in total. The normalized spacial score (nSPS) is 29.4. The van der Waals surface area contributed by atoms with Gasteiger partial charge >= 0.3 is 5.97 Å². The Bertz CT molecular complexity index is 373. The minimum absolute atomic E-state index is 0.235. The van der Waals surface area contributed by atoms with Crippen LogP contribution >= 0.6 is 0 Å². The maximum atomic E-state index is 12.0. The first-order valence-electron chi connectivity index (χ1n) is 6.40. The summed E-state index contributed by atoms with van der Waals surface area (Å²) < 4.78 is 0. The van der Waals surface area contributed by atoms with Crippen molar-refractivity contribution in [2.75, 3.05) is 6.54 Å². The Morgan fingerprint density at radius 2 is 1.83 bits per heavy atom. The number of rotatable bonds is 4. The molecule has 0 radical (unpaired) electrons. The van der Waals surface area contributed by atoms with Crippen LogP contribution < -0.4 is 5.32 Å². The summed E-state index contributed by atoms with van der Waals surface area (Å²) in [6.07, 6.45) is 6.92. The Labute approximate surface area is 106 Å². The first-order valence-corrected chi connectivity index (χ1v) is 6.40. The van der Waals surface area contributed by atoms with Crippen molar-refractivity contribution in [2.24, 2.45) is 11.8 Å². The number of allylic oxidation sites excluding steroid dienone is 2. The summed E-state index contributed by atoms with van der Waals surface area (Å²) in [5.74, 6) is -2.35. The van der Waals surface area contributed by atoms with Crippen LogP contribution in [0.2, 0.25) is 0 Å². The maximum absolute atomic E-state index is 12.0. The predicted octanol–water partition coefficient (Wildman–Crippen LogP) is 0.685. The molecule has 2 rings (SSSR count). The van der Waals surface area contributed by atoms with Crippen molar-refractivity contribution in [3.8, 4) is 0 Å². The second kappa shape index (κ2) is 5.10. The zero-order chi connectivity index (χ0) is 13.2. The maximum Gasteiger partial charge on any atom is 0.307 e. The first-order chi connectivity index (χ1) is 8.52. The van der Waals surface area contributed by atoms with Crippen molar-refractivity contribution in [3.63, 3.8) is 0 Å². The summed E-state index contributed by atoms with van der Waals surface area (Å²) in [7, 11) is 0. The topological polar surface area (TPSA) is 86.6 Å². The second-order valence-electron chi connectivity index (χ2n) is 5.29. The number of carboxylic acid groups (broad SMARTS) is 1. The highest BCUT2D eigenvalue weighted by molar-refractivity contribution is 5.85. The summed E-state index contributed by atoms with van der Waals surface area (Å²) in [5, 5.41) is 21.7. The van der Waals surface area contributed by atoms with E-state index in [1.54, 1.807) is 0 Å². The van der Waals surface area contributed by atoms with E-state index in [2.05, 4.69) is 5.32 Å². The molecule has 5 nitrogen and oxygen atoms in total. The molecular weight excluding hydrogens is 234 g/mol. The highest BCUT2D eigenvalue weighted by Gasteiger charge is 2.37. The van der Waals surface area contributed by atoms with Gasteiger partial charge in [-0.2, -0.15) is 0 Å². The van der Waals surface area contributed by atoms with Crippen LogP contribution in [0, 0.1) is 11.8 Å². The molecule has 2 aliphatic carbocycles. The molecule has 0 aromatic carbocycles. The summed E-state index contributed by atoms with van der Waals surface area (Å²) in [4.78, 5) is 23.1. The van der Waals surface area contributed by atoms with Gasteiger partial charge in [-0.15, -0.1) is 0 Å². The summed E-state index contributed by atoms with van der Waals surface area (Å²) in [6.45, 7) is 0.235. The standard InChI is InChI=1S/C13H19NO4/c15-11(14-8-13(18)6-3-7-13)9-4-1-2-5-10(9)12(16)17/h1-2,9-10,18H,3-8H2,(H,14,15)(H,16,17)/t9-,10+/m1/s1. The van der Waals surface area contributed by atoms with Crippen LogP contribution in [0.15, 0.2) is 12.2 Å². The first kappa shape index (κ1) is 13.1. The molecule has 0 aromatic rings. The average molecular weight is 253 g/mol. The SMILES string of the molecule is O=C(O)[C@H]1CC=CC[C@H]1C(=O)NCC1(O)CCC1. The van der Waals surface area contributed by atoms with E-state index in [-0.39, 0.29) is 12.5 Å². The Kier molecular flexibility index (Phi) is 3.71. The molecule has 5 heteroatoms. The molecule has 0 aromatic heterocycles. The van der Waals surface area contributed by atoms with Crippen LogP contribution in [-0.4, -0.2) is 34.2 Å². The van der Waals surface area contributed by atoms with Gasteiger partial charge in [0, 0.05) is 6.54 Å². The summed E-state index contributed by atoms with van der Waals surface area (Å²) >= 11 is 0. The van der Waals surface area contributed by atoms with Gasteiger partial charge < -0.3 is 15.5 Å². The van der Waals surface area contributed by atoms with E-state index in [4.69, 9.17) is 5.11 Å². The van der Waals surface area contributed by atoms with Gasteiger partial charge in [-0.1, -0.05) is 12.2 Å². The van der Waals surface area contributed by atoms with Gasteiger partial charge in [0.2, 0.25) is 5.91 Å². The molecule has 100 valence electrons. The molecule has 18 heavy (non-hydrogen) atoms. The smallest absolute Gasteiger partial charge is 0.307 e. The highest BCUT2D eigenvalue weighted by Crippen LogP contribution is 2.31. The molecule has 2 atom stereocenters. The molecule has 0 saturated heterocycles. The fourth-order valence-electron chi connectivity index (χ4n) is 2.52. The Morgan fingerprint density at radius 3 is 2.33 bits per heavy atom. The molecule has 2 aliphatic rings. The van der Waals surface area contributed by atoms with Gasteiger partial charge in [0.25, 0.3) is 0 Å². The molecular formula is C13H19NO4.